The molecule has 68 heavy (non-hydrogen) atoms. The van der Waals surface area contributed by atoms with Gasteiger partial charge in [-0.05, 0) is 77.0 Å². The van der Waals surface area contributed by atoms with E-state index < -0.39 is 12.1 Å². The van der Waals surface area contributed by atoms with Crippen molar-refractivity contribution in [3.63, 3.8) is 0 Å². The summed E-state index contributed by atoms with van der Waals surface area (Å²) in [6, 6.07) is -0.648. The van der Waals surface area contributed by atoms with Gasteiger partial charge in [0.15, 0.2) is 0 Å². The number of nitrogens with one attached hydrogen (secondary N) is 1. The van der Waals surface area contributed by atoms with Gasteiger partial charge in [-0.15, -0.1) is 0 Å². The number of aliphatic hydroxyl groups is 2. The van der Waals surface area contributed by atoms with Crippen molar-refractivity contribution >= 4 is 5.91 Å². The molecule has 0 aliphatic heterocycles. The van der Waals surface area contributed by atoms with Gasteiger partial charge in [0.25, 0.3) is 0 Å². The number of hydrogen-bond donors (Lipinski definition) is 3. The number of amides is 1. The highest BCUT2D eigenvalue weighted by molar-refractivity contribution is 5.76. The maximum absolute atomic E-state index is 12.5. The van der Waals surface area contributed by atoms with E-state index in [0.29, 0.717) is 6.42 Å². The molecule has 398 valence electrons. The van der Waals surface area contributed by atoms with Gasteiger partial charge in [0.2, 0.25) is 5.91 Å². The zero-order chi connectivity index (χ0) is 49.2. The fourth-order valence-corrected chi connectivity index (χ4v) is 9.30. The number of allylic oxidation sites excluding steroid dienone is 9. The predicted molar refractivity (Wildman–Crippen MR) is 304 cm³/mol. The van der Waals surface area contributed by atoms with Crippen molar-refractivity contribution < 1.29 is 15.0 Å². The maximum atomic E-state index is 12.5. The van der Waals surface area contributed by atoms with Crippen molar-refractivity contribution in [1.29, 1.82) is 0 Å². The van der Waals surface area contributed by atoms with Crippen molar-refractivity contribution in [2.75, 3.05) is 6.61 Å². The van der Waals surface area contributed by atoms with Crippen molar-refractivity contribution in [3.8, 4) is 0 Å². The van der Waals surface area contributed by atoms with Crippen LogP contribution in [0, 0.1) is 0 Å². The topological polar surface area (TPSA) is 69.6 Å². The zero-order valence-electron chi connectivity index (χ0n) is 45.9. The minimum atomic E-state index is -0.872. The number of hydrogen-bond acceptors (Lipinski definition) is 3. The molecule has 4 nitrogen and oxygen atoms in total. The van der Waals surface area contributed by atoms with Crippen molar-refractivity contribution in [1.82, 2.24) is 5.32 Å². The van der Waals surface area contributed by atoms with Crippen LogP contribution >= 0.6 is 0 Å². The Morgan fingerprint density at radius 2 is 0.618 bits per heavy atom. The lowest BCUT2D eigenvalue weighted by Crippen LogP contribution is -2.45. The second-order valence-corrected chi connectivity index (χ2v) is 20.7. The molecule has 0 rings (SSSR count). The third-order valence-electron chi connectivity index (χ3n) is 14.0. The van der Waals surface area contributed by atoms with Gasteiger partial charge in [0, 0.05) is 6.42 Å². The Bertz CT molecular complexity index is 1120. The van der Waals surface area contributed by atoms with E-state index in [0.717, 1.165) is 44.9 Å². The first-order valence-electron chi connectivity index (χ1n) is 30.5. The lowest BCUT2D eigenvalue weighted by Gasteiger charge is -2.19. The van der Waals surface area contributed by atoms with Crippen LogP contribution in [-0.4, -0.2) is 34.9 Å². The fraction of sp³-hybridized carbons (Fsp3) is 0.828. The third kappa shape index (κ3) is 55.0. The van der Waals surface area contributed by atoms with E-state index in [1.807, 2.05) is 6.08 Å². The fourth-order valence-electron chi connectivity index (χ4n) is 9.30. The lowest BCUT2D eigenvalue weighted by atomic mass is 10.0. The van der Waals surface area contributed by atoms with Crippen LogP contribution in [0.25, 0.3) is 0 Å². The van der Waals surface area contributed by atoms with E-state index in [9.17, 15) is 15.0 Å². The normalized spacial score (nSPS) is 13.2. The summed E-state index contributed by atoms with van der Waals surface area (Å²) in [5.41, 5.74) is 0. The van der Waals surface area contributed by atoms with Crippen LogP contribution < -0.4 is 5.32 Å². The SMILES string of the molecule is CCCCCCCCCCC/C=C\C/C=C\CCCCCCCCCCCCCCCCCCCC(=O)NC(CO)C(O)/C=C/CC/C=C/CC/C=C/CCCCCCCCCCCCCCC. The van der Waals surface area contributed by atoms with Gasteiger partial charge in [-0.25, -0.2) is 0 Å². The Morgan fingerprint density at radius 1 is 0.353 bits per heavy atom. The molecule has 0 aromatic heterocycles. The number of carbonyl (C=O) groups excluding carboxylic acids is 1. The molecule has 4 heteroatoms. The first kappa shape index (κ1) is 66.1. The molecular formula is C64H119NO3. The summed E-state index contributed by atoms with van der Waals surface area (Å²) in [6.07, 6.45) is 84.1. The lowest BCUT2D eigenvalue weighted by molar-refractivity contribution is -0.123. The van der Waals surface area contributed by atoms with Crippen LogP contribution in [0.5, 0.6) is 0 Å². The summed E-state index contributed by atoms with van der Waals surface area (Å²) in [5.74, 6) is -0.0746. The van der Waals surface area contributed by atoms with Crippen molar-refractivity contribution in [3.05, 3.63) is 60.8 Å². The molecule has 0 spiro atoms. The van der Waals surface area contributed by atoms with E-state index in [1.165, 1.54) is 257 Å². The first-order chi connectivity index (χ1) is 33.7. The summed E-state index contributed by atoms with van der Waals surface area (Å²) in [7, 11) is 0. The van der Waals surface area contributed by atoms with Crippen LogP contribution in [0.3, 0.4) is 0 Å². The smallest absolute Gasteiger partial charge is 0.220 e. The Hall–Kier alpha value is -1.91. The van der Waals surface area contributed by atoms with Gasteiger partial charge < -0.3 is 15.5 Å². The minimum absolute atomic E-state index is 0.0746. The average Bonchev–Trinajstić information content (AvgIpc) is 3.34. The Kier molecular flexibility index (Phi) is 57.7. The molecular weight excluding hydrogens is 831 g/mol. The molecule has 0 heterocycles. The summed E-state index contributed by atoms with van der Waals surface area (Å²) in [5, 5.41) is 23.2. The van der Waals surface area contributed by atoms with Crippen LogP contribution in [0.15, 0.2) is 60.8 Å². The van der Waals surface area contributed by atoms with E-state index >= 15 is 0 Å². The summed E-state index contributed by atoms with van der Waals surface area (Å²) >= 11 is 0. The second kappa shape index (κ2) is 59.4. The van der Waals surface area contributed by atoms with E-state index in [4.69, 9.17) is 0 Å². The molecule has 0 aliphatic rings. The van der Waals surface area contributed by atoms with Crippen molar-refractivity contribution in [2.24, 2.45) is 0 Å². The highest BCUT2D eigenvalue weighted by Gasteiger charge is 2.18. The molecule has 2 atom stereocenters. The van der Waals surface area contributed by atoms with Gasteiger partial charge in [-0.1, -0.05) is 299 Å². The second-order valence-electron chi connectivity index (χ2n) is 20.7. The van der Waals surface area contributed by atoms with Gasteiger partial charge in [0.05, 0.1) is 18.8 Å². The molecule has 0 saturated carbocycles. The number of unbranched alkanes of at least 4 members (excludes halogenated alkanes) is 41. The number of carbonyl (C=O) groups is 1. The largest absolute Gasteiger partial charge is 0.394 e. The predicted octanol–water partition coefficient (Wildman–Crippen LogP) is 20.4. The molecule has 0 aromatic carbocycles. The monoisotopic (exact) mass is 950 g/mol. The van der Waals surface area contributed by atoms with Crippen LogP contribution in [0.2, 0.25) is 0 Å². The standard InChI is InChI=1S/C64H119NO3/c1-3-5-7-9-11-13-15-17-19-21-23-25-27-28-29-30-31-32-33-34-35-36-38-40-42-44-46-48-50-52-54-56-58-60-64(68)65-62(61-66)63(67)59-57-55-53-51-49-47-45-43-41-39-37-26-24-22-20-18-16-14-12-10-8-6-4-2/h23,25,28-29,41,43,49,51,57,59,62-63,66-67H,3-22,24,26-27,30-40,42,44-48,50,52-56,58,60-61H2,1-2H3,(H,65,68)/b25-23-,29-28-,43-41+,51-49+,59-57+. The van der Waals surface area contributed by atoms with Gasteiger partial charge in [-0.3, -0.25) is 4.79 Å². The molecule has 0 radical (unpaired) electrons. The van der Waals surface area contributed by atoms with Crippen LogP contribution in [-0.2, 0) is 4.79 Å². The van der Waals surface area contributed by atoms with Crippen LogP contribution in [0.1, 0.15) is 322 Å². The molecule has 3 N–H and O–H groups in total. The molecule has 1 amide bonds. The van der Waals surface area contributed by atoms with Gasteiger partial charge >= 0.3 is 0 Å². The quantitative estimate of drug-likeness (QED) is 0.0420. The van der Waals surface area contributed by atoms with Gasteiger partial charge in [0.1, 0.15) is 0 Å². The average molecular weight is 951 g/mol. The third-order valence-corrected chi connectivity index (χ3v) is 14.0. The maximum Gasteiger partial charge on any atom is 0.220 e. The van der Waals surface area contributed by atoms with E-state index in [2.05, 4.69) is 67.8 Å². The Labute approximate surface area is 426 Å². The van der Waals surface area contributed by atoms with Crippen LogP contribution in [0.4, 0.5) is 0 Å². The molecule has 2 unspecified atom stereocenters. The summed E-state index contributed by atoms with van der Waals surface area (Å²) < 4.78 is 0. The first-order valence-corrected chi connectivity index (χ1v) is 30.5. The van der Waals surface area contributed by atoms with E-state index in [1.54, 1.807) is 6.08 Å². The number of aliphatic hydroxyl groups excluding tert-OH is 2. The molecule has 0 saturated heterocycles. The van der Waals surface area contributed by atoms with Crippen molar-refractivity contribution in [2.45, 2.75) is 334 Å². The molecule has 0 aromatic rings. The molecule has 0 aliphatic carbocycles. The number of rotatable bonds is 56. The summed E-state index contributed by atoms with van der Waals surface area (Å²) in [4.78, 5) is 12.5. The Morgan fingerprint density at radius 3 is 0.941 bits per heavy atom. The summed E-state index contributed by atoms with van der Waals surface area (Å²) in [6.45, 7) is 4.32. The van der Waals surface area contributed by atoms with Gasteiger partial charge in [-0.2, -0.15) is 0 Å². The highest BCUT2D eigenvalue weighted by Crippen LogP contribution is 2.17. The minimum Gasteiger partial charge on any atom is -0.394 e. The van der Waals surface area contributed by atoms with E-state index in [-0.39, 0.29) is 12.5 Å². The highest BCUT2D eigenvalue weighted by atomic mass is 16.3. The zero-order valence-corrected chi connectivity index (χ0v) is 45.9. The Balaban J connectivity index is 3.51. The molecule has 0 fully saturated rings. The molecule has 0 bridgehead atoms.